The Morgan fingerprint density at radius 2 is 1.76 bits per heavy atom. The van der Waals surface area contributed by atoms with Gasteiger partial charge in [0.2, 0.25) is 11.8 Å². The van der Waals surface area contributed by atoms with Gasteiger partial charge in [0.1, 0.15) is 0 Å². The first-order valence-electron chi connectivity index (χ1n) is 8.83. The molecule has 1 aromatic carbocycles. The minimum absolute atomic E-state index is 0.0784. The number of rotatable bonds is 4. The number of hydrogen-bond acceptors (Lipinski definition) is 4. The van der Waals surface area contributed by atoms with Gasteiger partial charge in [0.05, 0.1) is 6.54 Å². The van der Waals surface area contributed by atoms with E-state index in [0.29, 0.717) is 32.5 Å². The van der Waals surface area contributed by atoms with Crippen LogP contribution in [-0.2, 0) is 9.59 Å². The second-order valence-electron chi connectivity index (χ2n) is 6.80. The van der Waals surface area contributed by atoms with E-state index in [1.54, 1.807) is 0 Å². The number of piperazine rings is 1. The molecule has 2 amide bonds. The molecule has 0 bridgehead atoms. The second-order valence-corrected chi connectivity index (χ2v) is 7.24. The molecule has 7 heteroatoms. The fourth-order valence-electron chi connectivity index (χ4n) is 3.54. The smallest absolute Gasteiger partial charge is 0.236 e. The third kappa shape index (κ3) is 4.64. The number of nitrogens with two attached hydrogens (primary N) is 1. The summed E-state index contributed by atoms with van der Waals surface area (Å²) in [4.78, 5) is 30.0. The third-order valence-electron chi connectivity index (χ3n) is 5.15. The zero-order valence-electron chi connectivity index (χ0n) is 14.4. The standard InChI is InChI=1S/C18H25ClN4O2/c19-15-2-1-3-16(12-15)22-10-8-21(9-11-22)13-17(24)23-6-4-14(5-7-23)18(20)25/h1-3,12,14H,4-11,13H2,(H2,20,25). The Bertz CT molecular complexity index is 623. The van der Waals surface area contributed by atoms with Gasteiger partial charge in [-0.25, -0.2) is 0 Å². The summed E-state index contributed by atoms with van der Waals surface area (Å²) in [6, 6.07) is 7.88. The van der Waals surface area contributed by atoms with Gasteiger partial charge in [-0.2, -0.15) is 0 Å². The zero-order chi connectivity index (χ0) is 17.8. The van der Waals surface area contributed by atoms with Gasteiger partial charge in [0.25, 0.3) is 0 Å². The van der Waals surface area contributed by atoms with E-state index in [1.807, 2.05) is 23.1 Å². The van der Waals surface area contributed by atoms with Crippen molar-refractivity contribution in [1.82, 2.24) is 9.80 Å². The molecule has 0 atom stereocenters. The summed E-state index contributed by atoms with van der Waals surface area (Å²) in [6.45, 7) is 5.20. The number of halogens is 1. The normalized spacial score (nSPS) is 19.9. The van der Waals surface area contributed by atoms with Gasteiger partial charge in [-0.05, 0) is 31.0 Å². The van der Waals surface area contributed by atoms with Crippen LogP contribution in [0.4, 0.5) is 5.69 Å². The molecule has 2 heterocycles. The molecule has 1 aromatic rings. The van der Waals surface area contributed by atoms with E-state index in [1.165, 1.54) is 0 Å². The van der Waals surface area contributed by atoms with Crippen LogP contribution in [-0.4, -0.2) is 67.4 Å². The molecule has 6 nitrogen and oxygen atoms in total. The summed E-state index contributed by atoms with van der Waals surface area (Å²) in [5, 5.41) is 0.745. The lowest BCUT2D eigenvalue weighted by atomic mass is 9.96. The first kappa shape index (κ1) is 18.0. The van der Waals surface area contributed by atoms with E-state index in [-0.39, 0.29) is 17.7 Å². The van der Waals surface area contributed by atoms with E-state index >= 15 is 0 Å². The monoisotopic (exact) mass is 364 g/mol. The molecule has 0 saturated carbocycles. The highest BCUT2D eigenvalue weighted by Gasteiger charge is 2.27. The van der Waals surface area contributed by atoms with Crippen molar-refractivity contribution in [3.63, 3.8) is 0 Å². The van der Waals surface area contributed by atoms with Crippen LogP contribution < -0.4 is 10.6 Å². The van der Waals surface area contributed by atoms with Crippen molar-refractivity contribution in [2.75, 3.05) is 50.7 Å². The number of nitrogens with zero attached hydrogens (tertiary/aromatic N) is 3. The fourth-order valence-corrected chi connectivity index (χ4v) is 3.73. The van der Waals surface area contributed by atoms with Crippen LogP contribution in [0.2, 0.25) is 5.02 Å². The summed E-state index contributed by atoms with van der Waals surface area (Å²) in [5.74, 6) is -0.173. The van der Waals surface area contributed by atoms with Crippen molar-refractivity contribution < 1.29 is 9.59 Å². The average Bonchev–Trinajstić information content (AvgIpc) is 2.62. The largest absolute Gasteiger partial charge is 0.369 e. The second kappa shape index (κ2) is 8.06. The third-order valence-corrected chi connectivity index (χ3v) is 5.39. The maximum atomic E-state index is 12.5. The van der Waals surface area contributed by atoms with Crippen molar-refractivity contribution in [2.45, 2.75) is 12.8 Å². The molecule has 3 rings (SSSR count). The Morgan fingerprint density at radius 1 is 1.08 bits per heavy atom. The van der Waals surface area contributed by atoms with Crippen LogP contribution in [0.15, 0.2) is 24.3 Å². The Balaban J connectivity index is 1.44. The number of amides is 2. The first-order valence-corrected chi connectivity index (χ1v) is 9.20. The molecule has 2 saturated heterocycles. The van der Waals surface area contributed by atoms with E-state index in [2.05, 4.69) is 15.9 Å². The van der Waals surface area contributed by atoms with Crippen LogP contribution in [0.3, 0.4) is 0 Å². The molecule has 25 heavy (non-hydrogen) atoms. The van der Waals surface area contributed by atoms with Gasteiger partial charge in [-0.15, -0.1) is 0 Å². The quantitative estimate of drug-likeness (QED) is 0.871. The predicted molar refractivity (Wildman–Crippen MR) is 98.6 cm³/mol. The van der Waals surface area contributed by atoms with Crippen LogP contribution in [0.1, 0.15) is 12.8 Å². The maximum absolute atomic E-state index is 12.5. The highest BCUT2D eigenvalue weighted by Crippen LogP contribution is 2.21. The minimum atomic E-state index is -0.246. The van der Waals surface area contributed by atoms with Crippen molar-refractivity contribution >= 4 is 29.1 Å². The minimum Gasteiger partial charge on any atom is -0.369 e. The molecule has 0 unspecified atom stereocenters. The Kier molecular flexibility index (Phi) is 5.81. The Morgan fingerprint density at radius 3 is 2.36 bits per heavy atom. The molecule has 0 aliphatic carbocycles. The number of anilines is 1. The summed E-state index contributed by atoms with van der Waals surface area (Å²) in [7, 11) is 0. The molecule has 2 aliphatic rings. The van der Waals surface area contributed by atoms with Crippen LogP contribution >= 0.6 is 11.6 Å². The highest BCUT2D eigenvalue weighted by atomic mass is 35.5. The number of piperidine rings is 1. The number of likely N-dealkylation sites (tertiary alicyclic amines) is 1. The topological polar surface area (TPSA) is 69.9 Å². The molecule has 2 N–H and O–H groups in total. The summed E-state index contributed by atoms with van der Waals surface area (Å²) < 4.78 is 0. The molecule has 0 aromatic heterocycles. The van der Waals surface area contributed by atoms with Gasteiger partial charge in [-0.3, -0.25) is 14.5 Å². The van der Waals surface area contributed by atoms with Gasteiger partial charge in [0, 0.05) is 55.9 Å². The van der Waals surface area contributed by atoms with Crippen LogP contribution in [0, 0.1) is 5.92 Å². The molecule has 0 radical (unpaired) electrons. The molecule has 2 aliphatic heterocycles. The highest BCUT2D eigenvalue weighted by molar-refractivity contribution is 6.30. The zero-order valence-corrected chi connectivity index (χ0v) is 15.1. The van der Waals surface area contributed by atoms with Crippen molar-refractivity contribution in [3.05, 3.63) is 29.3 Å². The SMILES string of the molecule is NC(=O)C1CCN(C(=O)CN2CCN(c3cccc(Cl)c3)CC2)CC1. The fraction of sp³-hybridized carbons (Fsp3) is 0.556. The number of carbonyl (C=O) groups is 2. The average molecular weight is 365 g/mol. The van der Waals surface area contributed by atoms with E-state index in [0.717, 1.165) is 36.9 Å². The lowest BCUT2D eigenvalue weighted by Gasteiger charge is -2.37. The number of carbonyl (C=O) groups excluding carboxylic acids is 2. The molecule has 0 spiro atoms. The van der Waals surface area contributed by atoms with Gasteiger partial charge < -0.3 is 15.5 Å². The van der Waals surface area contributed by atoms with Gasteiger partial charge in [-0.1, -0.05) is 17.7 Å². The van der Waals surface area contributed by atoms with E-state index < -0.39 is 0 Å². The molecule has 2 fully saturated rings. The van der Waals surface area contributed by atoms with E-state index in [4.69, 9.17) is 17.3 Å². The summed E-state index contributed by atoms with van der Waals surface area (Å²) in [5.41, 5.74) is 6.48. The van der Waals surface area contributed by atoms with Crippen LogP contribution in [0.5, 0.6) is 0 Å². The van der Waals surface area contributed by atoms with Crippen molar-refractivity contribution in [2.24, 2.45) is 11.7 Å². The maximum Gasteiger partial charge on any atom is 0.236 e. The van der Waals surface area contributed by atoms with E-state index in [9.17, 15) is 9.59 Å². The lowest BCUT2D eigenvalue weighted by molar-refractivity contribution is -0.136. The van der Waals surface area contributed by atoms with Crippen molar-refractivity contribution in [3.8, 4) is 0 Å². The summed E-state index contributed by atoms with van der Waals surface area (Å²) >= 11 is 6.06. The Hall–Kier alpha value is -1.79. The van der Waals surface area contributed by atoms with Gasteiger partial charge in [0.15, 0.2) is 0 Å². The molecular weight excluding hydrogens is 340 g/mol. The summed E-state index contributed by atoms with van der Waals surface area (Å²) in [6.07, 6.45) is 1.37. The number of hydrogen-bond donors (Lipinski definition) is 1. The first-order chi connectivity index (χ1) is 12.0. The molecular formula is C18H25ClN4O2. The Labute approximate surface area is 153 Å². The predicted octanol–water partition coefficient (Wildman–Crippen LogP) is 1.19. The lowest BCUT2D eigenvalue weighted by Crippen LogP contribution is -2.51. The van der Waals surface area contributed by atoms with Crippen LogP contribution in [0.25, 0.3) is 0 Å². The molecule has 136 valence electrons. The number of benzene rings is 1. The number of primary amides is 1. The van der Waals surface area contributed by atoms with Crippen molar-refractivity contribution in [1.29, 1.82) is 0 Å². The van der Waals surface area contributed by atoms with Gasteiger partial charge >= 0.3 is 0 Å².